The van der Waals surface area contributed by atoms with Gasteiger partial charge in [-0.2, -0.15) is 0 Å². The van der Waals surface area contributed by atoms with E-state index in [9.17, 15) is 0 Å². The molecule has 20 heavy (non-hydrogen) atoms. The number of nitrogens with zero attached hydrogens (tertiary/aromatic N) is 1. The van der Waals surface area contributed by atoms with Crippen molar-refractivity contribution >= 4 is 33.0 Å². The Morgan fingerprint density at radius 3 is 2.70 bits per heavy atom. The highest BCUT2D eigenvalue weighted by molar-refractivity contribution is 9.10. The molecule has 2 rings (SSSR count). The fourth-order valence-electron chi connectivity index (χ4n) is 1.73. The summed E-state index contributed by atoms with van der Waals surface area (Å²) in [6, 6.07) is 5.91. The molecule has 0 atom stereocenters. The Morgan fingerprint density at radius 1 is 1.35 bits per heavy atom. The largest absolute Gasteiger partial charge is 0.495 e. The van der Waals surface area contributed by atoms with Gasteiger partial charge in [-0.1, -0.05) is 36.7 Å². The van der Waals surface area contributed by atoms with Gasteiger partial charge in [-0.25, -0.2) is 4.98 Å². The number of thiazole rings is 1. The van der Waals surface area contributed by atoms with Gasteiger partial charge in [0.15, 0.2) is 0 Å². The maximum Gasteiger partial charge on any atom is 0.142 e. The van der Waals surface area contributed by atoms with Crippen LogP contribution in [-0.4, -0.2) is 12.1 Å². The van der Waals surface area contributed by atoms with E-state index >= 15 is 0 Å². The van der Waals surface area contributed by atoms with Crippen LogP contribution in [-0.2, 0) is 12.0 Å². The third-order valence-corrected chi connectivity index (χ3v) is 4.25. The van der Waals surface area contributed by atoms with Gasteiger partial charge in [-0.05, 0) is 18.2 Å². The third kappa shape index (κ3) is 3.73. The van der Waals surface area contributed by atoms with Crippen LogP contribution in [0.4, 0.5) is 5.69 Å². The average molecular weight is 355 g/mol. The maximum atomic E-state index is 5.35. The highest BCUT2D eigenvalue weighted by Gasteiger charge is 2.17. The topological polar surface area (TPSA) is 34.1 Å². The number of nitrogens with one attached hydrogen (secondary N) is 1. The number of rotatable bonds is 4. The van der Waals surface area contributed by atoms with Gasteiger partial charge in [0, 0.05) is 15.3 Å². The van der Waals surface area contributed by atoms with Crippen LogP contribution in [0.1, 0.15) is 31.5 Å². The molecule has 0 radical (unpaired) electrons. The van der Waals surface area contributed by atoms with Crippen molar-refractivity contribution in [1.29, 1.82) is 0 Å². The molecule has 0 saturated heterocycles. The van der Waals surface area contributed by atoms with E-state index in [2.05, 4.69) is 52.4 Å². The number of anilines is 1. The van der Waals surface area contributed by atoms with Gasteiger partial charge in [0.2, 0.25) is 0 Å². The number of halogens is 1. The van der Waals surface area contributed by atoms with Gasteiger partial charge < -0.3 is 10.1 Å². The Kier molecular flexibility index (Phi) is 4.70. The molecule has 1 N–H and O–H groups in total. The summed E-state index contributed by atoms with van der Waals surface area (Å²) in [5.41, 5.74) is 2.21. The van der Waals surface area contributed by atoms with Gasteiger partial charge in [-0.15, -0.1) is 11.3 Å². The molecule has 1 aromatic heterocycles. The second-order valence-corrected chi connectivity index (χ2v) is 7.43. The predicted octanol–water partition coefficient (Wildman–Crippen LogP) is 4.82. The van der Waals surface area contributed by atoms with Crippen LogP contribution in [0.2, 0.25) is 0 Å². The summed E-state index contributed by atoms with van der Waals surface area (Å²) >= 11 is 5.16. The number of ether oxygens (including phenoxy) is 1. The molecule has 0 saturated carbocycles. The van der Waals surface area contributed by atoms with Crippen LogP contribution < -0.4 is 10.1 Å². The summed E-state index contributed by atoms with van der Waals surface area (Å²) < 4.78 is 6.37. The lowest BCUT2D eigenvalue weighted by Gasteiger charge is -2.14. The van der Waals surface area contributed by atoms with E-state index < -0.39 is 0 Å². The molecule has 0 spiro atoms. The Bertz CT molecular complexity index is 590. The summed E-state index contributed by atoms with van der Waals surface area (Å²) in [5.74, 6) is 0.834. The standard InChI is InChI=1S/C15H19BrN2OS/c1-15(2,3)13-9-20-14(18-13)8-17-11-7-10(16)5-6-12(11)19-4/h5-7,9,17H,8H2,1-4H3. The van der Waals surface area contributed by atoms with E-state index in [1.807, 2.05) is 18.2 Å². The zero-order chi connectivity index (χ0) is 14.8. The summed E-state index contributed by atoms with van der Waals surface area (Å²) in [5, 5.41) is 6.59. The maximum absolute atomic E-state index is 5.35. The van der Waals surface area contributed by atoms with Crippen LogP contribution in [0.25, 0.3) is 0 Å². The van der Waals surface area contributed by atoms with Crippen molar-refractivity contribution in [2.45, 2.75) is 32.7 Å². The van der Waals surface area contributed by atoms with Crippen molar-refractivity contribution in [3.8, 4) is 5.75 Å². The van der Waals surface area contributed by atoms with Crippen molar-refractivity contribution in [2.75, 3.05) is 12.4 Å². The second kappa shape index (κ2) is 6.14. The van der Waals surface area contributed by atoms with Crippen LogP contribution in [0.3, 0.4) is 0 Å². The zero-order valence-electron chi connectivity index (χ0n) is 12.2. The van der Waals surface area contributed by atoms with Crippen LogP contribution in [0, 0.1) is 0 Å². The Hall–Kier alpha value is -1.07. The van der Waals surface area contributed by atoms with Crippen molar-refractivity contribution < 1.29 is 4.74 Å². The van der Waals surface area contributed by atoms with E-state index in [1.54, 1.807) is 18.4 Å². The van der Waals surface area contributed by atoms with E-state index in [0.29, 0.717) is 6.54 Å². The number of methoxy groups -OCH3 is 1. The van der Waals surface area contributed by atoms with Gasteiger partial charge in [0.25, 0.3) is 0 Å². The molecule has 0 fully saturated rings. The van der Waals surface area contributed by atoms with Crippen molar-refractivity contribution in [3.63, 3.8) is 0 Å². The minimum atomic E-state index is 0.0994. The molecule has 3 nitrogen and oxygen atoms in total. The molecule has 108 valence electrons. The number of hydrogen-bond donors (Lipinski definition) is 1. The number of aromatic nitrogens is 1. The smallest absolute Gasteiger partial charge is 0.142 e. The second-order valence-electron chi connectivity index (χ2n) is 5.57. The molecule has 0 aliphatic carbocycles. The SMILES string of the molecule is COc1ccc(Br)cc1NCc1nc(C(C)(C)C)cs1. The molecule has 0 bridgehead atoms. The van der Waals surface area contributed by atoms with Crippen molar-refractivity contribution in [2.24, 2.45) is 0 Å². The first-order valence-electron chi connectivity index (χ1n) is 6.42. The lowest BCUT2D eigenvalue weighted by Crippen LogP contribution is -2.12. The van der Waals surface area contributed by atoms with E-state index in [4.69, 9.17) is 4.74 Å². The minimum absolute atomic E-state index is 0.0994. The molecule has 0 amide bonds. The quantitative estimate of drug-likeness (QED) is 0.854. The molecule has 0 aliphatic rings. The monoisotopic (exact) mass is 354 g/mol. The fourth-order valence-corrected chi connectivity index (χ4v) is 3.05. The summed E-state index contributed by atoms with van der Waals surface area (Å²) in [4.78, 5) is 4.68. The van der Waals surface area contributed by atoms with Crippen LogP contribution in [0.15, 0.2) is 28.1 Å². The fraction of sp³-hybridized carbons (Fsp3) is 0.400. The van der Waals surface area contributed by atoms with Crippen LogP contribution in [0.5, 0.6) is 5.75 Å². The normalized spacial score (nSPS) is 11.4. The van der Waals surface area contributed by atoms with E-state index in [1.165, 1.54) is 0 Å². The first kappa shape index (κ1) is 15.3. The first-order valence-corrected chi connectivity index (χ1v) is 8.09. The summed E-state index contributed by atoms with van der Waals surface area (Å²) in [7, 11) is 1.68. The lowest BCUT2D eigenvalue weighted by atomic mass is 9.93. The Morgan fingerprint density at radius 2 is 2.10 bits per heavy atom. The first-order chi connectivity index (χ1) is 9.40. The van der Waals surface area contributed by atoms with Crippen LogP contribution >= 0.6 is 27.3 Å². The van der Waals surface area contributed by atoms with Crippen molar-refractivity contribution in [3.05, 3.63) is 38.8 Å². The molecular formula is C15H19BrN2OS. The lowest BCUT2D eigenvalue weighted by molar-refractivity contribution is 0.416. The zero-order valence-corrected chi connectivity index (χ0v) is 14.6. The predicted molar refractivity (Wildman–Crippen MR) is 88.8 cm³/mol. The summed E-state index contributed by atoms with van der Waals surface area (Å²) in [6.07, 6.45) is 0. The van der Waals surface area contributed by atoms with Gasteiger partial charge in [0.05, 0.1) is 25.0 Å². The molecule has 0 unspecified atom stereocenters. The van der Waals surface area contributed by atoms with E-state index in [-0.39, 0.29) is 5.41 Å². The highest BCUT2D eigenvalue weighted by Crippen LogP contribution is 2.29. The molecule has 1 aromatic carbocycles. The molecule has 2 aromatic rings. The molecule has 5 heteroatoms. The molecular weight excluding hydrogens is 336 g/mol. The Balaban J connectivity index is 2.09. The Labute approximate surface area is 132 Å². The average Bonchev–Trinajstić information content (AvgIpc) is 2.85. The highest BCUT2D eigenvalue weighted by atomic mass is 79.9. The van der Waals surface area contributed by atoms with Gasteiger partial charge >= 0.3 is 0 Å². The minimum Gasteiger partial charge on any atom is -0.495 e. The summed E-state index contributed by atoms with van der Waals surface area (Å²) in [6.45, 7) is 7.23. The van der Waals surface area contributed by atoms with E-state index in [0.717, 1.165) is 26.6 Å². The number of benzene rings is 1. The third-order valence-electron chi connectivity index (χ3n) is 2.91. The molecule has 1 heterocycles. The van der Waals surface area contributed by atoms with Crippen molar-refractivity contribution in [1.82, 2.24) is 4.98 Å². The van der Waals surface area contributed by atoms with Gasteiger partial charge in [0.1, 0.15) is 10.8 Å². The molecule has 0 aliphatic heterocycles. The van der Waals surface area contributed by atoms with Gasteiger partial charge in [-0.3, -0.25) is 0 Å². The number of hydrogen-bond acceptors (Lipinski definition) is 4.